The SMILES string of the molecule is COc1ccc(-c2nc(SCc3csc(N(C(C)=O)c4cccc(Cl)c4)n3)n[nH]2)cc1. The summed E-state index contributed by atoms with van der Waals surface area (Å²) < 4.78 is 5.18. The van der Waals surface area contributed by atoms with E-state index in [1.807, 2.05) is 41.8 Å². The Morgan fingerprint density at radius 2 is 2.03 bits per heavy atom. The summed E-state index contributed by atoms with van der Waals surface area (Å²) in [5.74, 6) is 1.92. The minimum absolute atomic E-state index is 0.131. The van der Waals surface area contributed by atoms with Gasteiger partial charge in [-0.15, -0.1) is 16.4 Å². The van der Waals surface area contributed by atoms with Crippen molar-refractivity contribution in [1.82, 2.24) is 20.2 Å². The molecule has 0 unspecified atom stereocenters. The third-order valence-electron chi connectivity index (χ3n) is 4.29. The van der Waals surface area contributed by atoms with Crippen molar-refractivity contribution in [3.8, 4) is 17.1 Å². The van der Waals surface area contributed by atoms with Gasteiger partial charge in [0.1, 0.15) is 5.75 Å². The predicted octanol–water partition coefficient (Wildman–Crippen LogP) is 5.57. The van der Waals surface area contributed by atoms with Crippen molar-refractivity contribution in [1.29, 1.82) is 0 Å². The molecule has 0 aliphatic heterocycles. The maximum atomic E-state index is 12.2. The fraction of sp³-hybridized carbons (Fsp3) is 0.143. The van der Waals surface area contributed by atoms with Crippen LogP contribution in [0.1, 0.15) is 12.6 Å². The zero-order valence-corrected chi connectivity index (χ0v) is 19.1. The Balaban J connectivity index is 1.44. The van der Waals surface area contributed by atoms with Crippen LogP contribution in [0.3, 0.4) is 0 Å². The molecule has 7 nitrogen and oxygen atoms in total. The van der Waals surface area contributed by atoms with Crippen LogP contribution in [0, 0.1) is 0 Å². The molecule has 0 aliphatic rings. The molecular formula is C21H18ClN5O2S2. The average molecular weight is 472 g/mol. The van der Waals surface area contributed by atoms with E-state index in [1.165, 1.54) is 30.0 Å². The summed E-state index contributed by atoms with van der Waals surface area (Å²) in [5.41, 5.74) is 2.45. The maximum absolute atomic E-state index is 12.2. The van der Waals surface area contributed by atoms with Crippen LogP contribution in [0.2, 0.25) is 5.02 Å². The third-order valence-corrected chi connectivity index (χ3v) is 6.28. The van der Waals surface area contributed by atoms with E-state index in [4.69, 9.17) is 16.3 Å². The Bertz CT molecular complexity index is 1190. The summed E-state index contributed by atoms with van der Waals surface area (Å²) in [4.78, 5) is 22.9. The summed E-state index contributed by atoms with van der Waals surface area (Å²) in [5, 5.41) is 10.9. The van der Waals surface area contributed by atoms with Crippen molar-refractivity contribution in [2.45, 2.75) is 17.8 Å². The third kappa shape index (κ3) is 5.07. The molecule has 158 valence electrons. The lowest BCUT2D eigenvalue weighted by Gasteiger charge is -2.18. The molecule has 4 aromatic rings. The number of anilines is 2. The minimum Gasteiger partial charge on any atom is -0.497 e. The number of nitrogens with zero attached hydrogens (tertiary/aromatic N) is 4. The van der Waals surface area contributed by atoms with E-state index in [9.17, 15) is 4.79 Å². The highest BCUT2D eigenvalue weighted by molar-refractivity contribution is 7.98. The molecule has 2 aromatic carbocycles. The van der Waals surface area contributed by atoms with Gasteiger partial charge >= 0.3 is 0 Å². The number of nitrogens with one attached hydrogen (secondary N) is 1. The molecule has 0 bridgehead atoms. The zero-order chi connectivity index (χ0) is 21.8. The number of halogens is 1. The van der Waals surface area contributed by atoms with Gasteiger partial charge in [0.05, 0.1) is 18.5 Å². The molecule has 1 amide bonds. The van der Waals surface area contributed by atoms with Crippen molar-refractivity contribution in [3.63, 3.8) is 0 Å². The molecule has 0 atom stereocenters. The summed E-state index contributed by atoms with van der Waals surface area (Å²) in [6, 6.07) is 14.8. The molecule has 0 aliphatic carbocycles. The Morgan fingerprint density at radius 1 is 1.23 bits per heavy atom. The van der Waals surface area contributed by atoms with Crippen molar-refractivity contribution in [2.75, 3.05) is 12.0 Å². The standard InChI is InChI=1S/C21H18ClN5O2S2/c1-13(28)27(17-5-3-4-15(22)10-17)21-23-16(12-31-21)11-30-20-24-19(25-26-20)14-6-8-18(29-2)9-7-14/h3-10,12H,11H2,1-2H3,(H,24,25,26). The molecule has 10 heteroatoms. The number of thioether (sulfide) groups is 1. The van der Waals surface area contributed by atoms with Gasteiger partial charge < -0.3 is 4.74 Å². The molecule has 0 saturated carbocycles. The lowest BCUT2D eigenvalue weighted by molar-refractivity contribution is -0.115. The minimum atomic E-state index is -0.131. The van der Waals surface area contributed by atoms with Gasteiger partial charge in [-0.1, -0.05) is 29.4 Å². The van der Waals surface area contributed by atoms with E-state index in [-0.39, 0.29) is 5.91 Å². The van der Waals surface area contributed by atoms with Gasteiger partial charge in [0, 0.05) is 28.6 Å². The molecule has 4 rings (SSSR count). The van der Waals surface area contributed by atoms with Gasteiger partial charge in [-0.2, -0.15) is 0 Å². The first-order chi connectivity index (χ1) is 15.0. The largest absolute Gasteiger partial charge is 0.497 e. The number of ether oxygens (including phenoxy) is 1. The fourth-order valence-electron chi connectivity index (χ4n) is 2.83. The number of aromatic amines is 1. The van der Waals surface area contributed by atoms with E-state index in [0.717, 1.165) is 17.0 Å². The van der Waals surface area contributed by atoms with Crippen LogP contribution in [-0.4, -0.2) is 33.2 Å². The summed E-state index contributed by atoms with van der Waals surface area (Å²) in [7, 11) is 1.63. The highest BCUT2D eigenvalue weighted by Gasteiger charge is 2.18. The molecule has 0 spiro atoms. The molecule has 2 aromatic heterocycles. The number of thiazole rings is 1. The summed E-state index contributed by atoms with van der Waals surface area (Å²) in [6.45, 7) is 1.51. The molecule has 31 heavy (non-hydrogen) atoms. The molecule has 0 fully saturated rings. The second-order valence-corrected chi connectivity index (χ2v) is 8.65. The number of rotatable bonds is 7. The topological polar surface area (TPSA) is 84.0 Å². The fourth-order valence-corrected chi connectivity index (χ4v) is 4.70. The van der Waals surface area contributed by atoms with Crippen molar-refractivity contribution in [2.24, 2.45) is 0 Å². The van der Waals surface area contributed by atoms with E-state index in [0.29, 0.717) is 32.6 Å². The van der Waals surface area contributed by atoms with Crippen molar-refractivity contribution >= 4 is 51.4 Å². The second-order valence-electron chi connectivity index (χ2n) is 6.44. The van der Waals surface area contributed by atoms with Gasteiger partial charge in [-0.3, -0.25) is 14.8 Å². The Morgan fingerprint density at radius 3 is 2.74 bits per heavy atom. The summed E-state index contributed by atoms with van der Waals surface area (Å²) in [6.07, 6.45) is 0. The van der Waals surface area contributed by atoms with Gasteiger partial charge in [0.2, 0.25) is 11.1 Å². The molecule has 1 N–H and O–H groups in total. The van der Waals surface area contributed by atoms with Crippen LogP contribution < -0.4 is 9.64 Å². The van der Waals surface area contributed by atoms with E-state index in [2.05, 4.69) is 20.2 Å². The van der Waals surface area contributed by atoms with Gasteiger partial charge in [0.25, 0.3) is 0 Å². The second kappa shape index (κ2) is 9.51. The number of benzene rings is 2. The predicted molar refractivity (Wildman–Crippen MR) is 124 cm³/mol. The number of H-pyrrole nitrogens is 1. The number of carbonyl (C=O) groups excluding carboxylic acids is 1. The van der Waals surface area contributed by atoms with Crippen LogP contribution in [0.15, 0.2) is 59.1 Å². The van der Waals surface area contributed by atoms with Crippen LogP contribution >= 0.6 is 34.7 Å². The van der Waals surface area contributed by atoms with Gasteiger partial charge in [0.15, 0.2) is 11.0 Å². The number of hydrogen-bond acceptors (Lipinski definition) is 7. The first-order valence-corrected chi connectivity index (χ1v) is 11.5. The number of carbonyl (C=O) groups is 1. The highest BCUT2D eigenvalue weighted by Crippen LogP contribution is 2.32. The Hall–Kier alpha value is -2.88. The quantitative estimate of drug-likeness (QED) is 0.355. The van der Waals surface area contributed by atoms with E-state index >= 15 is 0 Å². The van der Waals surface area contributed by atoms with Crippen LogP contribution in [0.5, 0.6) is 5.75 Å². The first kappa shape index (κ1) is 21.4. The van der Waals surface area contributed by atoms with E-state index < -0.39 is 0 Å². The van der Waals surface area contributed by atoms with Crippen molar-refractivity contribution in [3.05, 3.63) is 64.6 Å². The normalized spacial score (nSPS) is 10.8. The highest BCUT2D eigenvalue weighted by atomic mass is 35.5. The number of aromatic nitrogens is 4. The van der Waals surface area contributed by atoms with Gasteiger partial charge in [-0.05, 0) is 42.5 Å². The Kier molecular flexibility index (Phi) is 6.55. The number of amides is 1. The maximum Gasteiger partial charge on any atom is 0.230 e. The Labute approximate surface area is 192 Å². The van der Waals surface area contributed by atoms with Crippen LogP contribution in [-0.2, 0) is 10.5 Å². The summed E-state index contributed by atoms with van der Waals surface area (Å²) >= 11 is 8.96. The lowest BCUT2D eigenvalue weighted by atomic mass is 10.2. The smallest absolute Gasteiger partial charge is 0.230 e. The molecule has 0 radical (unpaired) electrons. The van der Waals surface area contributed by atoms with Crippen LogP contribution in [0.4, 0.5) is 10.8 Å². The van der Waals surface area contributed by atoms with Crippen molar-refractivity contribution < 1.29 is 9.53 Å². The van der Waals surface area contributed by atoms with Gasteiger partial charge in [-0.25, -0.2) is 9.97 Å². The zero-order valence-electron chi connectivity index (χ0n) is 16.7. The lowest BCUT2D eigenvalue weighted by Crippen LogP contribution is -2.22. The van der Waals surface area contributed by atoms with Crippen LogP contribution in [0.25, 0.3) is 11.4 Å². The molecule has 0 saturated heterocycles. The molecule has 2 heterocycles. The monoisotopic (exact) mass is 471 g/mol. The number of hydrogen-bond donors (Lipinski definition) is 1. The number of methoxy groups -OCH3 is 1. The average Bonchev–Trinajstić information content (AvgIpc) is 3.42. The van der Waals surface area contributed by atoms with E-state index in [1.54, 1.807) is 24.1 Å². The molecular weight excluding hydrogens is 454 g/mol. The first-order valence-electron chi connectivity index (χ1n) is 9.24.